The van der Waals surface area contributed by atoms with Gasteiger partial charge in [-0.1, -0.05) is 24.3 Å². The molecule has 0 amide bonds. The molecule has 4 nitrogen and oxygen atoms in total. The van der Waals surface area contributed by atoms with Crippen molar-refractivity contribution < 1.29 is 0 Å². The van der Waals surface area contributed by atoms with E-state index in [1.54, 1.807) is 0 Å². The second-order valence-corrected chi connectivity index (χ2v) is 6.93. The molecule has 0 aliphatic carbocycles. The molecule has 4 rings (SSSR count). The summed E-state index contributed by atoms with van der Waals surface area (Å²) in [6.07, 6.45) is 1.02. The van der Waals surface area contributed by atoms with Crippen molar-refractivity contribution in [3.05, 3.63) is 59.2 Å². The zero-order valence-corrected chi connectivity index (χ0v) is 15.3. The maximum Gasteiger partial charge on any atom is 0.133 e. The molecule has 0 unspecified atom stereocenters. The van der Waals surface area contributed by atoms with Crippen LogP contribution in [0.1, 0.15) is 16.7 Å². The third-order valence-electron chi connectivity index (χ3n) is 5.09. The van der Waals surface area contributed by atoms with Crippen molar-refractivity contribution in [1.29, 1.82) is 0 Å². The summed E-state index contributed by atoms with van der Waals surface area (Å²) in [7, 11) is 4.14. The molecule has 0 saturated heterocycles. The SMILES string of the molecule is Cc1cccc(-n2nc(-c3cccc(N(C)C)c3)c3c2NCC3)c1C. The molecule has 1 aliphatic rings. The maximum atomic E-state index is 5.01. The van der Waals surface area contributed by atoms with Gasteiger partial charge in [-0.3, -0.25) is 0 Å². The van der Waals surface area contributed by atoms with Gasteiger partial charge in [0, 0.05) is 37.5 Å². The molecule has 1 aliphatic heterocycles. The number of rotatable bonds is 3. The van der Waals surface area contributed by atoms with Crippen LogP contribution in [0.3, 0.4) is 0 Å². The van der Waals surface area contributed by atoms with Crippen LogP contribution < -0.4 is 10.2 Å². The molecular weight excluding hydrogens is 308 g/mol. The molecule has 0 bridgehead atoms. The topological polar surface area (TPSA) is 33.1 Å². The van der Waals surface area contributed by atoms with Crippen molar-refractivity contribution in [3.8, 4) is 16.9 Å². The van der Waals surface area contributed by atoms with Crippen LogP contribution in [0.4, 0.5) is 11.5 Å². The summed E-state index contributed by atoms with van der Waals surface area (Å²) < 4.78 is 2.09. The van der Waals surface area contributed by atoms with Crippen molar-refractivity contribution in [2.24, 2.45) is 0 Å². The molecule has 0 fully saturated rings. The highest BCUT2D eigenvalue weighted by molar-refractivity contribution is 5.75. The molecule has 2 aromatic carbocycles. The lowest BCUT2D eigenvalue weighted by molar-refractivity contribution is 0.873. The van der Waals surface area contributed by atoms with Crippen LogP contribution in [-0.4, -0.2) is 30.4 Å². The standard InChI is InChI=1S/C21H24N4/c1-14-7-5-10-19(15(14)2)25-21-18(11-12-22-21)20(23-25)16-8-6-9-17(13-16)24(3)4/h5-10,13,22H,11-12H2,1-4H3. The molecule has 3 aromatic rings. The summed E-state index contributed by atoms with van der Waals surface area (Å²) >= 11 is 0. The summed E-state index contributed by atoms with van der Waals surface area (Å²) in [6.45, 7) is 5.29. The van der Waals surface area contributed by atoms with Crippen molar-refractivity contribution in [2.75, 3.05) is 30.9 Å². The van der Waals surface area contributed by atoms with E-state index in [4.69, 9.17) is 5.10 Å². The van der Waals surface area contributed by atoms with E-state index >= 15 is 0 Å². The molecule has 2 heterocycles. The van der Waals surface area contributed by atoms with Crippen LogP contribution in [-0.2, 0) is 6.42 Å². The van der Waals surface area contributed by atoms with E-state index in [9.17, 15) is 0 Å². The Balaban J connectivity index is 1.89. The molecule has 0 spiro atoms. The molecule has 128 valence electrons. The fraction of sp³-hybridized carbons (Fsp3) is 0.286. The predicted octanol–water partition coefficient (Wildman–Crippen LogP) is 4.19. The van der Waals surface area contributed by atoms with Crippen LogP contribution in [0.2, 0.25) is 0 Å². The molecular formula is C21H24N4. The van der Waals surface area contributed by atoms with E-state index in [-0.39, 0.29) is 0 Å². The Labute approximate surface area is 149 Å². The van der Waals surface area contributed by atoms with Gasteiger partial charge in [0.1, 0.15) is 5.82 Å². The first-order valence-corrected chi connectivity index (χ1v) is 8.76. The second kappa shape index (κ2) is 5.96. The lowest BCUT2D eigenvalue weighted by atomic mass is 10.1. The van der Waals surface area contributed by atoms with E-state index in [1.807, 2.05) is 0 Å². The minimum Gasteiger partial charge on any atom is -0.378 e. The van der Waals surface area contributed by atoms with Gasteiger partial charge in [0.25, 0.3) is 0 Å². The molecule has 0 atom stereocenters. The van der Waals surface area contributed by atoms with Gasteiger partial charge in [0.2, 0.25) is 0 Å². The first kappa shape index (κ1) is 15.8. The molecule has 4 heteroatoms. The highest BCUT2D eigenvalue weighted by atomic mass is 15.3. The normalized spacial score (nSPS) is 12.8. The molecule has 0 saturated carbocycles. The Morgan fingerprint density at radius 1 is 1.08 bits per heavy atom. The maximum absolute atomic E-state index is 5.01. The van der Waals surface area contributed by atoms with Crippen molar-refractivity contribution in [3.63, 3.8) is 0 Å². The van der Waals surface area contributed by atoms with Gasteiger partial charge in [-0.15, -0.1) is 0 Å². The van der Waals surface area contributed by atoms with Crippen LogP contribution in [0.25, 0.3) is 16.9 Å². The van der Waals surface area contributed by atoms with E-state index in [0.29, 0.717) is 0 Å². The van der Waals surface area contributed by atoms with E-state index < -0.39 is 0 Å². The fourth-order valence-corrected chi connectivity index (χ4v) is 3.48. The zero-order valence-electron chi connectivity index (χ0n) is 15.3. The largest absolute Gasteiger partial charge is 0.378 e. The zero-order chi connectivity index (χ0) is 17.6. The number of benzene rings is 2. The van der Waals surface area contributed by atoms with Crippen molar-refractivity contribution in [1.82, 2.24) is 9.78 Å². The Kier molecular flexibility index (Phi) is 3.75. The van der Waals surface area contributed by atoms with Crippen molar-refractivity contribution >= 4 is 11.5 Å². The summed E-state index contributed by atoms with van der Waals surface area (Å²) in [5.74, 6) is 1.14. The van der Waals surface area contributed by atoms with Gasteiger partial charge in [0.15, 0.2) is 0 Å². The minimum atomic E-state index is 0.971. The van der Waals surface area contributed by atoms with Gasteiger partial charge in [0.05, 0.1) is 11.4 Å². The predicted molar refractivity (Wildman–Crippen MR) is 105 cm³/mol. The third-order valence-corrected chi connectivity index (χ3v) is 5.09. The van der Waals surface area contributed by atoms with Gasteiger partial charge in [-0.25, -0.2) is 4.68 Å². The Bertz CT molecular complexity index is 937. The Hall–Kier alpha value is -2.75. The average Bonchev–Trinajstić information content (AvgIpc) is 3.20. The average molecular weight is 332 g/mol. The first-order valence-electron chi connectivity index (χ1n) is 8.76. The highest BCUT2D eigenvalue weighted by Crippen LogP contribution is 2.36. The Morgan fingerprint density at radius 2 is 1.88 bits per heavy atom. The number of aryl methyl sites for hydroxylation is 1. The minimum absolute atomic E-state index is 0.971. The molecule has 1 aromatic heterocycles. The van der Waals surface area contributed by atoms with Gasteiger partial charge in [-0.2, -0.15) is 5.10 Å². The van der Waals surface area contributed by atoms with Crippen LogP contribution in [0.5, 0.6) is 0 Å². The lowest BCUT2D eigenvalue weighted by Crippen LogP contribution is -2.08. The molecule has 0 radical (unpaired) electrons. The third kappa shape index (κ3) is 2.58. The fourth-order valence-electron chi connectivity index (χ4n) is 3.48. The van der Waals surface area contributed by atoms with E-state index in [1.165, 1.54) is 27.9 Å². The van der Waals surface area contributed by atoms with Crippen LogP contribution >= 0.6 is 0 Å². The second-order valence-electron chi connectivity index (χ2n) is 6.93. The number of hydrogen-bond acceptors (Lipinski definition) is 3. The number of anilines is 2. The summed E-state index contributed by atoms with van der Waals surface area (Å²) in [6, 6.07) is 15.0. The quantitative estimate of drug-likeness (QED) is 0.781. The lowest BCUT2D eigenvalue weighted by Gasteiger charge is -2.13. The number of hydrogen-bond donors (Lipinski definition) is 1. The van der Waals surface area contributed by atoms with Gasteiger partial charge >= 0.3 is 0 Å². The number of nitrogens with one attached hydrogen (secondary N) is 1. The summed E-state index contributed by atoms with van der Waals surface area (Å²) in [5, 5.41) is 8.54. The van der Waals surface area contributed by atoms with E-state index in [0.717, 1.165) is 30.2 Å². The van der Waals surface area contributed by atoms with Crippen molar-refractivity contribution in [2.45, 2.75) is 20.3 Å². The number of fused-ring (bicyclic) bond motifs is 1. The number of aromatic nitrogens is 2. The summed E-state index contributed by atoms with van der Waals surface area (Å²) in [5.41, 5.74) is 8.49. The Morgan fingerprint density at radius 3 is 2.68 bits per heavy atom. The van der Waals surface area contributed by atoms with Crippen LogP contribution in [0.15, 0.2) is 42.5 Å². The molecule has 1 N–H and O–H groups in total. The van der Waals surface area contributed by atoms with Gasteiger partial charge in [-0.05, 0) is 49.6 Å². The monoisotopic (exact) mass is 332 g/mol. The smallest absolute Gasteiger partial charge is 0.133 e. The van der Waals surface area contributed by atoms with E-state index in [2.05, 4.69) is 85.3 Å². The molecule has 25 heavy (non-hydrogen) atoms. The highest BCUT2D eigenvalue weighted by Gasteiger charge is 2.24. The number of nitrogens with zero attached hydrogens (tertiary/aromatic N) is 3. The van der Waals surface area contributed by atoms with Crippen LogP contribution in [0, 0.1) is 13.8 Å². The summed E-state index contributed by atoms with van der Waals surface area (Å²) in [4.78, 5) is 2.13. The van der Waals surface area contributed by atoms with Gasteiger partial charge < -0.3 is 10.2 Å². The first-order chi connectivity index (χ1) is 12.1.